The molecule has 0 aliphatic rings. The molecule has 5 heteroatoms. The number of amides is 1. The maximum atomic E-state index is 11.2. The molecule has 2 rings (SSSR count). The van der Waals surface area contributed by atoms with Crippen LogP contribution < -0.4 is 5.32 Å². The summed E-state index contributed by atoms with van der Waals surface area (Å²) < 4.78 is 6.66. The van der Waals surface area contributed by atoms with Crippen molar-refractivity contribution in [2.45, 2.75) is 13.5 Å². The van der Waals surface area contributed by atoms with Crippen LogP contribution in [-0.4, -0.2) is 29.0 Å². The minimum atomic E-state index is -0.138. The lowest BCUT2D eigenvalue weighted by Crippen LogP contribution is -2.26. The van der Waals surface area contributed by atoms with Crippen LogP contribution in [0.1, 0.15) is 11.3 Å². The van der Waals surface area contributed by atoms with Gasteiger partial charge in [-0.3, -0.25) is 4.79 Å². The molecule has 0 unspecified atom stereocenters. The fourth-order valence-electron chi connectivity index (χ4n) is 1.59. The van der Waals surface area contributed by atoms with Crippen LogP contribution in [0.15, 0.2) is 24.5 Å². The van der Waals surface area contributed by atoms with Crippen molar-refractivity contribution in [2.24, 2.45) is 0 Å². The zero-order valence-electron chi connectivity index (χ0n) is 9.93. The quantitative estimate of drug-likeness (QED) is 0.853. The van der Waals surface area contributed by atoms with Gasteiger partial charge in [0, 0.05) is 19.5 Å². The zero-order chi connectivity index (χ0) is 12.3. The Labute approximate surface area is 99.4 Å². The van der Waals surface area contributed by atoms with E-state index in [9.17, 15) is 4.79 Å². The highest BCUT2D eigenvalue weighted by atomic mass is 16.5. The number of carbonyl (C=O) groups excluding carboxylic acids is 1. The summed E-state index contributed by atoms with van der Waals surface area (Å²) in [5, 5.41) is 2.74. The molecule has 0 fully saturated rings. The van der Waals surface area contributed by atoms with Crippen LogP contribution >= 0.6 is 0 Å². The summed E-state index contributed by atoms with van der Waals surface area (Å²) in [5.41, 5.74) is 2.89. The number of aryl methyl sites for hydroxylation is 1. The van der Waals surface area contributed by atoms with Crippen molar-refractivity contribution in [3.05, 3.63) is 35.8 Å². The van der Waals surface area contributed by atoms with Crippen LogP contribution in [0.3, 0.4) is 0 Å². The van der Waals surface area contributed by atoms with Crippen molar-refractivity contribution < 1.29 is 9.53 Å². The normalized spacial score (nSPS) is 10.7. The number of hydrogen-bond donors (Lipinski definition) is 1. The molecule has 0 aromatic carbocycles. The fraction of sp³-hybridized carbons (Fsp3) is 0.333. The number of ether oxygens (including phenoxy) is 1. The average Bonchev–Trinajstić information content (AvgIpc) is 2.68. The van der Waals surface area contributed by atoms with Gasteiger partial charge in [-0.2, -0.15) is 0 Å². The van der Waals surface area contributed by atoms with E-state index in [1.54, 1.807) is 0 Å². The van der Waals surface area contributed by atoms with Crippen molar-refractivity contribution in [3.8, 4) is 0 Å². The predicted octanol–water partition coefficient (Wildman–Crippen LogP) is 0.905. The Morgan fingerprint density at radius 1 is 1.59 bits per heavy atom. The third kappa shape index (κ3) is 2.82. The summed E-state index contributed by atoms with van der Waals surface area (Å²) in [5.74, 6) is -0.138. The van der Waals surface area contributed by atoms with Crippen LogP contribution in [0.5, 0.6) is 0 Å². The second-order valence-corrected chi connectivity index (χ2v) is 3.91. The number of carbonyl (C=O) groups is 1. The molecule has 0 aliphatic heterocycles. The number of nitrogens with one attached hydrogen (secondary N) is 1. The summed E-state index contributed by atoms with van der Waals surface area (Å²) in [6.07, 6.45) is 3.86. The second-order valence-electron chi connectivity index (χ2n) is 3.91. The number of aromatic nitrogens is 2. The molecule has 0 radical (unpaired) electrons. The van der Waals surface area contributed by atoms with Gasteiger partial charge in [0.25, 0.3) is 0 Å². The van der Waals surface area contributed by atoms with Gasteiger partial charge < -0.3 is 14.5 Å². The van der Waals surface area contributed by atoms with Crippen LogP contribution in [0.25, 0.3) is 5.65 Å². The zero-order valence-corrected chi connectivity index (χ0v) is 9.93. The number of nitrogens with zero attached hydrogens (tertiary/aromatic N) is 2. The molecule has 2 heterocycles. The lowest BCUT2D eigenvalue weighted by molar-refractivity contribution is -0.124. The Balaban J connectivity index is 2.07. The van der Waals surface area contributed by atoms with E-state index in [0.717, 1.165) is 16.9 Å². The molecule has 0 spiro atoms. The minimum absolute atomic E-state index is 0.0759. The Bertz CT molecular complexity index is 534. The van der Waals surface area contributed by atoms with Crippen molar-refractivity contribution in [1.29, 1.82) is 0 Å². The number of methoxy groups -OCH3 is 1. The highest BCUT2D eigenvalue weighted by Crippen LogP contribution is 2.07. The standard InChI is InChI=1S/C12H15N3O2/c1-9-3-4-15-7-10(14-11(15)5-9)6-13-12(16)8-17-2/h3-5,7H,6,8H2,1-2H3,(H,13,16). The number of fused-ring (bicyclic) bond motifs is 1. The Morgan fingerprint density at radius 3 is 3.18 bits per heavy atom. The molecule has 2 aromatic rings. The van der Waals surface area contributed by atoms with Gasteiger partial charge in [0.15, 0.2) is 0 Å². The van der Waals surface area contributed by atoms with Crippen molar-refractivity contribution in [1.82, 2.24) is 14.7 Å². The molecule has 2 aromatic heterocycles. The Hall–Kier alpha value is -1.88. The maximum absolute atomic E-state index is 11.2. The van der Waals surface area contributed by atoms with Gasteiger partial charge in [0.05, 0.1) is 12.2 Å². The molecule has 1 N–H and O–H groups in total. The first-order chi connectivity index (χ1) is 8.19. The summed E-state index contributed by atoms with van der Waals surface area (Å²) in [6.45, 7) is 2.52. The van der Waals surface area contributed by atoms with Gasteiger partial charge in [-0.25, -0.2) is 4.98 Å². The number of hydrogen-bond acceptors (Lipinski definition) is 3. The van der Waals surface area contributed by atoms with Crippen molar-refractivity contribution in [2.75, 3.05) is 13.7 Å². The average molecular weight is 233 g/mol. The molecular formula is C12H15N3O2. The molecule has 0 atom stereocenters. The number of pyridine rings is 1. The fourth-order valence-corrected chi connectivity index (χ4v) is 1.59. The first kappa shape index (κ1) is 11.6. The maximum Gasteiger partial charge on any atom is 0.246 e. The van der Waals surface area contributed by atoms with Gasteiger partial charge in [-0.1, -0.05) is 0 Å². The minimum Gasteiger partial charge on any atom is -0.375 e. The lowest BCUT2D eigenvalue weighted by Gasteiger charge is -2.00. The van der Waals surface area contributed by atoms with Crippen molar-refractivity contribution in [3.63, 3.8) is 0 Å². The van der Waals surface area contributed by atoms with E-state index in [-0.39, 0.29) is 12.5 Å². The van der Waals surface area contributed by atoms with Crippen LogP contribution in [0.4, 0.5) is 0 Å². The predicted molar refractivity (Wildman–Crippen MR) is 63.7 cm³/mol. The monoisotopic (exact) mass is 233 g/mol. The van der Waals surface area contributed by atoms with Gasteiger partial charge in [-0.05, 0) is 24.6 Å². The molecule has 5 nitrogen and oxygen atoms in total. The van der Waals surface area contributed by atoms with E-state index < -0.39 is 0 Å². The van der Waals surface area contributed by atoms with Crippen LogP contribution in [0.2, 0.25) is 0 Å². The highest BCUT2D eigenvalue weighted by molar-refractivity contribution is 5.77. The number of rotatable bonds is 4. The third-order valence-electron chi connectivity index (χ3n) is 2.41. The Morgan fingerprint density at radius 2 is 2.41 bits per heavy atom. The summed E-state index contributed by atoms with van der Waals surface area (Å²) in [7, 11) is 1.49. The molecule has 0 saturated carbocycles. The summed E-state index contributed by atoms with van der Waals surface area (Å²) in [4.78, 5) is 15.6. The van der Waals surface area contributed by atoms with Gasteiger partial charge in [0.2, 0.25) is 5.91 Å². The molecule has 90 valence electrons. The summed E-state index contributed by atoms with van der Waals surface area (Å²) >= 11 is 0. The van der Waals surface area contributed by atoms with Gasteiger partial charge >= 0.3 is 0 Å². The van der Waals surface area contributed by atoms with E-state index in [0.29, 0.717) is 6.54 Å². The second kappa shape index (κ2) is 4.97. The summed E-state index contributed by atoms with van der Waals surface area (Å²) in [6, 6.07) is 4.02. The number of imidazole rings is 1. The molecule has 0 aliphatic carbocycles. The SMILES string of the molecule is COCC(=O)NCc1cn2ccc(C)cc2n1. The smallest absolute Gasteiger partial charge is 0.246 e. The van der Waals surface area contributed by atoms with E-state index in [1.165, 1.54) is 7.11 Å². The first-order valence-corrected chi connectivity index (χ1v) is 5.39. The van der Waals surface area contributed by atoms with Crippen LogP contribution in [0, 0.1) is 6.92 Å². The molecular weight excluding hydrogens is 218 g/mol. The molecule has 0 saturated heterocycles. The van der Waals surface area contributed by atoms with Gasteiger partial charge in [0.1, 0.15) is 12.3 Å². The molecule has 17 heavy (non-hydrogen) atoms. The molecule has 0 bridgehead atoms. The first-order valence-electron chi connectivity index (χ1n) is 5.39. The largest absolute Gasteiger partial charge is 0.375 e. The van der Waals surface area contributed by atoms with E-state index in [1.807, 2.05) is 35.9 Å². The van der Waals surface area contributed by atoms with Gasteiger partial charge in [-0.15, -0.1) is 0 Å². The third-order valence-corrected chi connectivity index (χ3v) is 2.41. The van der Waals surface area contributed by atoms with E-state index in [2.05, 4.69) is 10.3 Å². The lowest BCUT2D eigenvalue weighted by atomic mass is 10.3. The van der Waals surface area contributed by atoms with Crippen LogP contribution in [-0.2, 0) is 16.1 Å². The van der Waals surface area contributed by atoms with E-state index in [4.69, 9.17) is 4.74 Å². The van der Waals surface area contributed by atoms with Crippen molar-refractivity contribution >= 4 is 11.6 Å². The Kier molecular flexibility index (Phi) is 3.39. The topological polar surface area (TPSA) is 55.6 Å². The highest BCUT2D eigenvalue weighted by Gasteiger charge is 2.04. The van der Waals surface area contributed by atoms with E-state index >= 15 is 0 Å². The molecule has 1 amide bonds.